The van der Waals surface area contributed by atoms with Crippen molar-refractivity contribution in [2.24, 2.45) is 5.41 Å². The molecule has 4 aromatic heterocycles. The monoisotopic (exact) mass is 750 g/mol. The zero-order chi connectivity index (χ0) is 37.5. The van der Waals surface area contributed by atoms with Crippen LogP contribution in [0.4, 0.5) is 0 Å². The Hall–Kier alpha value is -6.96. The van der Waals surface area contributed by atoms with Gasteiger partial charge in [-0.15, -0.1) is 22.7 Å². The number of aromatic nitrogens is 2. The summed E-state index contributed by atoms with van der Waals surface area (Å²) in [5.41, 5.74) is 5.61. The standard InChI is InChI=1S/C50H30N4S2/c1-2-31(28-51)19-24-45(54-40-16-8-4-14-38(40)47-42(54)23-21-36-34-12-6-10-18-44(34)56-49(36)47)50(26-25-32(27-50)29-52)30-53-39-15-7-3-13-37(39)46-41(53)22-20-35-33-11-5-9-17-43(33)55-48(35)46/h2-27H,1,30H2/b31-19+,45-24+. The van der Waals surface area contributed by atoms with Gasteiger partial charge in [-0.3, -0.25) is 0 Å². The largest absolute Gasteiger partial charge is 0.339 e. The van der Waals surface area contributed by atoms with Gasteiger partial charge in [0.05, 0.1) is 39.7 Å². The van der Waals surface area contributed by atoms with Crippen molar-refractivity contribution in [1.29, 1.82) is 10.5 Å². The van der Waals surface area contributed by atoms with Gasteiger partial charge in [0.1, 0.15) is 0 Å². The van der Waals surface area contributed by atoms with Gasteiger partial charge in [0.15, 0.2) is 0 Å². The summed E-state index contributed by atoms with van der Waals surface area (Å²) in [7, 11) is 0. The Labute approximate surface area is 330 Å². The van der Waals surface area contributed by atoms with E-state index in [0.717, 1.165) is 33.2 Å². The van der Waals surface area contributed by atoms with Gasteiger partial charge >= 0.3 is 0 Å². The Kier molecular flexibility index (Phi) is 7.12. The number of allylic oxidation sites excluding steroid dienone is 9. The van der Waals surface area contributed by atoms with Crippen molar-refractivity contribution >= 4 is 112 Å². The SMILES string of the molecule is C=C/C(C#N)=C\C=C(\n1c2ccccc2c2c3sc4ccccc4c3ccc21)C1(Cn2c3ccccc3c3c4sc5ccccc5c4ccc32)C=CC(C#N)=C1. The second kappa shape index (κ2) is 12.3. The summed E-state index contributed by atoms with van der Waals surface area (Å²) in [6.45, 7) is 4.46. The van der Waals surface area contributed by atoms with Gasteiger partial charge in [-0.25, -0.2) is 0 Å². The minimum absolute atomic E-state index is 0.459. The van der Waals surface area contributed by atoms with Crippen LogP contribution < -0.4 is 0 Å². The molecule has 6 aromatic carbocycles. The van der Waals surface area contributed by atoms with E-state index in [1.807, 2.05) is 34.8 Å². The first kappa shape index (κ1) is 32.5. The normalized spacial score (nSPS) is 16.3. The van der Waals surface area contributed by atoms with Gasteiger partial charge in [-0.05, 0) is 60.7 Å². The number of nitrogens with zero attached hydrogens (tertiary/aromatic N) is 4. The molecular formula is C50H30N4S2. The summed E-state index contributed by atoms with van der Waals surface area (Å²) in [4.78, 5) is 0. The first-order valence-corrected chi connectivity index (χ1v) is 20.2. The van der Waals surface area contributed by atoms with Crippen molar-refractivity contribution in [3.05, 3.63) is 176 Å². The third kappa shape index (κ3) is 4.55. The zero-order valence-electron chi connectivity index (χ0n) is 30.0. The molecule has 0 spiro atoms. The van der Waals surface area contributed by atoms with E-state index in [2.05, 4.69) is 167 Å². The maximum atomic E-state index is 10.4. The fourth-order valence-electron chi connectivity index (χ4n) is 9.02. The molecule has 11 rings (SSSR count). The van der Waals surface area contributed by atoms with Crippen LogP contribution in [0.1, 0.15) is 0 Å². The number of rotatable bonds is 6. The number of thiophene rings is 2. The maximum absolute atomic E-state index is 10.4. The van der Waals surface area contributed by atoms with Crippen LogP contribution in [-0.2, 0) is 6.54 Å². The van der Waals surface area contributed by atoms with E-state index >= 15 is 0 Å². The van der Waals surface area contributed by atoms with Gasteiger partial charge in [-0.1, -0.05) is 104 Å². The van der Waals surface area contributed by atoms with E-state index in [0.29, 0.717) is 17.7 Å². The third-order valence-electron chi connectivity index (χ3n) is 11.5. The van der Waals surface area contributed by atoms with Crippen LogP contribution in [0.3, 0.4) is 0 Å². The van der Waals surface area contributed by atoms with Gasteiger partial charge in [-0.2, -0.15) is 10.5 Å². The fraction of sp³-hybridized carbons (Fsp3) is 0.0400. The lowest BCUT2D eigenvalue weighted by molar-refractivity contribution is 0.529. The highest BCUT2D eigenvalue weighted by Crippen LogP contribution is 2.50. The van der Waals surface area contributed by atoms with Crippen molar-refractivity contribution in [2.45, 2.75) is 6.54 Å². The molecule has 1 unspecified atom stereocenters. The number of hydrogen-bond acceptors (Lipinski definition) is 4. The van der Waals surface area contributed by atoms with Crippen LogP contribution in [0.15, 0.2) is 176 Å². The predicted octanol–water partition coefficient (Wildman–Crippen LogP) is 13.8. The van der Waals surface area contributed by atoms with Crippen LogP contribution in [0.2, 0.25) is 0 Å². The molecule has 1 aliphatic rings. The topological polar surface area (TPSA) is 57.4 Å². The predicted molar refractivity (Wildman–Crippen MR) is 238 cm³/mol. The molecule has 0 bridgehead atoms. The van der Waals surface area contributed by atoms with Crippen molar-refractivity contribution in [3.63, 3.8) is 0 Å². The van der Waals surface area contributed by atoms with Gasteiger partial charge in [0, 0.05) is 85.2 Å². The van der Waals surface area contributed by atoms with E-state index in [1.165, 1.54) is 56.5 Å². The minimum atomic E-state index is -0.795. The molecular weight excluding hydrogens is 721 g/mol. The zero-order valence-corrected chi connectivity index (χ0v) is 31.7. The van der Waals surface area contributed by atoms with Gasteiger partial charge in [0.2, 0.25) is 0 Å². The number of para-hydroxylation sites is 2. The van der Waals surface area contributed by atoms with E-state index in [1.54, 1.807) is 6.08 Å². The van der Waals surface area contributed by atoms with Crippen LogP contribution >= 0.6 is 22.7 Å². The summed E-state index contributed by atoms with van der Waals surface area (Å²) >= 11 is 3.67. The average Bonchev–Trinajstić information content (AvgIpc) is 4.06. The second-order valence-electron chi connectivity index (χ2n) is 14.4. The first-order chi connectivity index (χ1) is 27.6. The van der Waals surface area contributed by atoms with Crippen molar-refractivity contribution in [3.8, 4) is 12.1 Å². The molecule has 10 aromatic rings. The molecule has 0 aliphatic heterocycles. The molecule has 262 valence electrons. The summed E-state index contributed by atoms with van der Waals surface area (Å²) < 4.78 is 9.85. The molecule has 1 aliphatic carbocycles. The molecule has 56 heavy (non-hydrogen) atoms. The average molecular weight is 751 g/mol. The Morgan fingerprint density at radius 1 is 0.625 bits per heavy atom. The lowest BCUT2D eigenvalue weighted by Gasteiger charge is -2.32. The number of nitriles is 2. The molecule has 0 saturated carbocycles. The van der Waals surface area contributed by atoms with Crippen LogP contribution in [0.25, 0.3) is 89.7 Å². The number of benzene rings is 6. The quantitative estimate of drug-likeness (QED) is 0.125. The Bertz CT molecular complexity index is 3560. The van der Waals surface area contributed by atoms with Gasteiger partial charge < -0.3 is 9.13 Å². The Morgan fingerprint density at radius 2 is 1.20 bits per heavy atom. The van der Waals surface area contributed by atoms with E-state index in [4.69, 9.17) is 0 Å². The van der Waals surface area contributed by atoms with Crippen molar-refractivity contribution < 1.29 is 0 Å². The molecule has 4 heterocycles. The molecule has 0 N–H and O–H groups in total. The molecule has 0 amide bonds. The number of fused-ring (bicyclic) bond motifs is 14. The smallest absolute Gasteiger partial charge is 0.0991 e. The third-order valence-corrected chi connectivity index (χ3v) is 13.9. The van der Waals surface area contributed by atoms with Crippen LogP contribution in [0.5, 0.6) is 0 Å². The van der Waals surface area contributed by atoms with Crippen molar-refractivity contribution in [2.75, 3.05) is 0 Å². The first-order valence-electron chi connectivity index (χ1n) is 18.5. The fourth-order valence-corrected chi connectivity index (χ4v) is 11.5. The second-order valence-corrected chi connectivity index (χ2v) is 16.5. The molecule has 0 radical (unpaired) electrons. The van der Waals surface area contributed by atoms with Crippen LogP contribution in [0, 0.1) is 28.1 Å². The molecule has 6 heteroatoms. The van der Waals surface area contributed by atoms with Gasteiger partial charge in [0.25, 0.3) is 0 Å². The highest BCUT2D eigenvalue weighted by atomic mass is 32.1. The number of hydrogen-bond donors (Lipinski definition) is 0. The summed E-state index contributed by atoms with van der Waals surface area (Å²) in [6, 6.07) is 48.4. The summed E-state index contributed by atoms with van der Waals surface area (Å²) in [5, 5.41) is 30.4. The minimum Gasteiger partial charge on any atom is -0.339 e. The van der Waals surface area contributed by atoms with E-state index in [9.17, 15) is 10.5 Å². The maximum Gasteiger partial charge on any atom is 0.0991 e. The van der Waals surface area contributed by atoms with Crippen LogP contribution in [-0.4, -0.2) is 9.13 Å². The molecule has 0 fully saturated rings. The highest BCUT2D eigenvalue weighted by Gasteiger charge is 2.37. The molecule has 4 nitrogen and oxygen atoms in total. The van der Waals surface area contributed by atoms with E-state index < -0.39 is 5.41 Å². The molecule has 0 saturated heterocycles. The Morgan fingerprint density at radius 3 is 1.82 bits per heavy atom. The molecule has 1 atom stereocenters. The lowest BCUT2D eigenvalue weighted by atomic mass is 9.84. The van der Waals surface area contributed by atoms with E-state index in [-0.39, 0.29) is 0 Å². The highest BCUT2D eigenvalue weighted by molar-refractivity contribution is 7.27. The van der Waals surface area contributed by atoms with Crippen molar-refractivity contribution in [1.82, 2.24) is 9.13 Å². The summed E-state index contributed by atoms with van der Waals surface area (Å²) in [5.74, 6) is 0. The Balaban J connectivity index is 1.24. The lowest BCUT2D eigenvalue weighted by Crippen LogP contribution is -2.26. The summed E-state index contributed by atoms with van der Waals surface area (Å²) in [6.07, 6.45) is 11.8.